The summed E-state index contributed by atoms with van der Waals surface area (Å²) in [6, 6.07) is 6.82. The lowest BCUT2D eigenvalue weighted by Crippen LogP contribution is -2.35. The molecule has 2 aromatic rings. The fourth-order valence-electron chi connectivity index (χ4n) is 2.47. The van der Waals surface area contributed by atoms with Crippen molar-refractivity contribution in [3.8, 4) is 5.75 Å². The zero-order valence-corrected chi connectivity index (χ0v) is 15.3. The molecule has 2 rings (SSSR count). The summed E-state index contributed by atoms with van der Waals surface area (Å²) in [4.78, 5) is 23.9. The Hall–Kier alpha value is -2.87. The smallest absolute Gasteiger partial charge is 0.257 e. The number of rotatable bonds is 9. The molecular formula is C18H25N5O3. The molecule has 0 spiro atoms. The maximum atomic E-state index is 12.4. The molecule has 3 N–H and O–H groups in total. The topological polar surface area (TPSA) is 97.3 Å². The van der Waals surface area contributed by atoms with Gasteiger partial charge in [-0.2, -0.15) is 5.10 Å². The van der Waals surface area contributed by atoms with Crippen molar-refractivity contribution < 1.29 is 14.3 Å². The molecule has 140 valence electrons. The first-order valence-electron chi connectivity index (χ1n) is 8.45. The maximum Gasteiger partial charge on any atom is 0.257 e. The van der Waals surface area contributed by atoms with Gasteiger partial charge in [0.1, 0.15) is 11.8 Å². The molecule has 0 saturated heterocycles. The molecule has 26 heavy (non-hydrogen) atoms. The lowest BCUT2D eigenvalue weighted by molar-refractivity contribution is -0.123. The Balaban J connectivity index is 1.91. The van der Waals surface area contributed by atoms with Crippen LogP contribution in [0.2, 0.25) is 0 Å². The zero-order chi connectivity index (χ0) is 18.9. The summed E-state index contributed by atoms with van der Waals surface area (Å²) < 4.78 is 7.12. The zero-order valence-electron chi connectivity index (χ0n) is 15.3. The van der Waals surface area contributed by atoms with Crippen molar-refractivity contribution in [2.24, 2.45) is 7.05 Å². The van der Waals surface area contributed by atoms with Gasteiger partial charge >= 0.3 is 0 Å². The molecule has 1 atom stereocenters. The summed E-state index contributed by atoms with van der Waals surface area (Å²) in [7, 11) is 3.54. The van der Waals surface area contributed by atoms with Gasteiger partial charge in [0.05, 0.1) is 6.20 Å². The number of hydrogen-bond acceptors (Lipinski definition) is 5. The molecule has 1 heterocycles. The SMILES string of the molecule is CCNC(=O)COc1cccc(CNC(=O)C(NC)c2cnn(C)c2)c1. The highest BCUT2D eigenvalue weighted by molar-refractivity contribution is 5.83. The van der Waals surface area contributed by atoms with Crippen LogP contribution in [0.3, 0.4) is 0 Å². The number of amides is 2. The van der Waals surface area contributed by atoms with Gasteiger partial charge in [-0.15, -0.1) is 0 Å². The Labute approximate surface area is 152 Å². The highest BCUT2D eigenvalue weighted by Crippen LogP contribution is 2.15. The minimum atomic E-state index is -0.471. The van der Waals surface area contributed by atoms with Gasteiger partial charge in [-0.3, -0.25) is 14.3 Å². The van der Waals surface area contributed by atoms with Crippen LogP contribution in [0.4, 0.5) is 0 Å². The molecule has 0 radical (unpaired) electrons. The molecule has 2 amide bonds. The van der Waals surface area contributed by atoms with E-state index >= 15 is 0 Å². The highest BCUT2D eigenvalue weighted by Gasteiger charge is 2.19. The molecule has 1 aromatic heterocycles. The van der Waals surface area contributed by atoms with Crippen LogP contribution in [0.25, 0.3) is 0 Å². The van der Waals surface area contributed by atoms with E-state index in [1.807, 2.05) is 19.1 Å². The van der Waals surface area contributed by atoms with Crippen LogP contribution in [-0.4, -0.2) is 41.8 Å². The Morgan fingerprint density at radius 3 is 2.77 bits per heavy atom. The Kier molecular flexibility index (Phi) is 7.16. The van der Waals surface area contributed by atoms with Crippen LogP contribution in [0.15, 0.2) is 36.7 Å². The van der Waals surface area contributed by atoms with E-state index in [0.717, 1.165) is 11.1 Å². The Morgan fingerprint density at radius 1 is 1.31 bits per heavy atom. The van der Waals surface area contributed by atoms with Crippen molar-refractivity contribution in [2.75, 3.05) is 20.2 Å². The summed E-state index contributed by atoms with van der Waals surface area (Å²) >= 11 is 0. The molecule has 0 fully saturated rings. The molecule has 0 aliphatic carbocycles. The van der Waals surface area contributed by atoms with Crippen LogP contribution in [0.1, 0.15) is 24.1 Å². The molecule has 0 saturated carbocycles. The van der Waals surface area contributed by atoms with Gasteiger partial charge in [0.2, 0.25) is 5.91 Å². The lowest BCUT2D eigenvalue weighted by Gasteiger charge is -2.15. The number of benzene rings is 1. The van der Waals surface area contributed by atoms with Crippen molar-refractivity contribution in [3.63, 3.8) is 0 Å². The second-order valence-corrected chi connectivity index (χ2v) is 5.78. The van der Waals surface area contributed by atoms with Gasteiger partial charge < -0.3 is 20.7 Å². The number of nitrogens with one attached hydrogen (secondary N) is 3. The predicted molar refractivity (Wildman–Crippen MR) is 97.5 cm³/mol. The van der Waals surface area contributed by atoms with E-state index < -0.39 is 6.04 Å². The van der Waals surface area contributed by atoms with Gasteiger partial charge in [-0.1, -0.05) is 12.1 Å². The van der Waals surface area contributed by atoms with Crippen LogP contribution in [0, 0.1) is 0 Å². The highest BCUT2D eigenvalue weighted by atomic mass is 16.5. The minimum Gasteiger partial charge on any atom is -0.484 e. The van der Waals surface area contributed by atoms with E-state index in [0.29, 0.717) is 18.8 Å². The van der Waals surface area contributed by atoms with Crippen LogP contribution in [-0.2, 0) is 23.2 Å². The molecule has 1 aromatic carbocycles. The van der Waals surface area contributed by atoms with Crippen LogP contribution in [0.5, 0.6) is 5.75 Å². The number of carbonyl (C=O) groups excluding carboxylic acids is 2. The first-order chi connectivity index (χ1) is 12.5. The van der Waals surface area contributed by atoms with E-state index in [1.54, 1.807) is 43.3 Å². The quantitative estimate of drug-likeness (QED) is 0.606. The molecule has 1 unspecified atom stereocenters. The third kappa shape index (κ3) is 5.59. The molecule has 0 bridgehead atoms. The third-order valence-corrected chi connectivity index (χ3v) is 3.72. The number of hydrogen-bond donors (Lipinski definition) is 3. The molecular weight excluding hydrogens is 334 g/mol. The summed E-state index contributed by atoms with van der Waals surface area (Å²) in [6.45, 7) is 2.74. The van der Waals surface area contributed by atoms with Crippen molar-refractivity contribution in [2.45, 2.75) is 19.5 Å². The van der Waals surface area contributed by atoms with E-state index in [1.165, 1.54) is 0 Å². The number of nitrogens with zero attached hydrogens (tertiary/aromatic N) is 2. The lowest BCUT2D eigenvalue weighted by atomic mass is 10.1. The van der Waals surface area contributed by atoms with E-state index in [-0.39, 0.29) is 18.4 Å². The molecule has 0 aliphatic rings. The second kappa shape index (κ2) is 9.57. The van der Waals surface area contributed by atoms with Gasteiger partial charge in [0, 0.05) is 31.9 Å². The monoisotopic (exact) mass is 359 g/mol. The van der Waals surface area contributed by atoms with Gasteiger partial charge in [0.25, 0.3) is 5.91 Å². The van der Waals surface area contributed by atoms with Gasteiger partial charge in [-0.05, 0) is 31.7 Å². The van der Waals surface area contributed by atoms with Crippen LogP contribution >= 0.6 is 0 Å². The standard InChI is InChI=1S/C18H25N5O3/c1-4-20-16(24)12-26-15-7-5-6-13(8-15)9-21-18(25)17(19-2)14-10-22-23(3)11-14/h5-8,10-11,17,19H,4,9,12H2,1-3H3,(H,20,24)(H,21,25). The van der Waals surface area contributed by atoms with Crippen molar-refractivity contribution in [1.82, 2.24) is 25.7 Å². The minimum absolute atomic E-state index is 0.0352. The third-order valence-electron chi connectivity index (χ3n) is 3.72. The first-order valence-corrected chi connectivity index (χ1v) is 8.45. The van der Waals surface area contributed by atoms with Gasteiger partial charge in [-0.25, -0.2) is 0 Å². The predicted octanol–water partition coefficient (Wildman–Crippen LogP) is 0.512. The van der Waals surface area contributed by atoms with Crippen molar-refractivity contribution >= 4 is 11.8 Å². The van der Waals surface area contributed by atoms with Crippen LogP contribution < -0.4 is 20.7 Å². The summed E-state index contributed by atoms with van der Waals surface area (Å²) in [6.07, 6.45) is 3.47. The second-order valence-electron chi connectivity index (χ2n) is 5.78. The summed E-state index contributed by atoms with van der Waals surface area (Å²) in [5.41, 5.74) is 1.68. The van der Waals surface area contributed by atoms with Crippen molar-refractivity contribution in [3.05, 3.63) is 47.8 Å². The maximum absolute atomic E-state index is 12.4. The summed E-state index contributed by atoms with van der Waals surface area (Å²) in [5, 5.41) is 12.7. The van der Waals surface area contributed by atoms with E-state index in [2.05, 4.69) is 21.0 Å². The fourth-order valence-corrected chi connectivity index (χ4v) is 2.47. The van der Waals surface area contributed by atoms with E-state index in [4.69, 9.17) is 4.74 Å². The summed E-state index contributed by atoms with van der Waals surface area (Å²) in [5.74, 6) is 0.272. The van der Waals surface area contributed by atoms with Crippen molar-refractivity contribution in [1.29, 1.82) is 0 Å². The molecule has 8 nitrogen and oxygen atoms in total. The van der Waals surface area contributed by atoms with Gasteiger partial charge in [0.15, 0.2) is 6.61 Å². The Bertz CT molecular complexity index is 744. The fraction of sp³-hybridized carbons (Fsp3) is 0.389. The number of aryl methyl sites for hydroxylation is 1. The normalized spacial score (nSPS) is 11.7. The number of carbonyl (C=O) groups is 2. The largest absolute Gasteiger partial charge is 0.484 e. The number of aromatic nitrogens is 2. The average Bonchev–Trinajstić information content (AvgIpc) is 3.05. The molecule has 8 heteroatoms. The van der Waals surface area contributed by atoms with E-state index in [9.17, 15) is 9.59 Å². The first kappa shape index (κ1) is 19.5. The molecule has 0 aliphatic heterocycles. The average molecular weight is 359 g/mol. The number of ether oxygens (including phenoxy) is 1. The Morgan fingerprint density at radius 2 is 2.12 bits per heavy atom. The number of likely N-dealkylation sites (N-methyl/N-ethyl adjacent to an activating group) is 2.